The zero-order valence-corrected chi connectivity index (χ0v) is 13.8. The number of anilines is 1. The summed E-state index contributed by atoms with van der Waals surface area (Å²) in [5.41, 5.74) is 3.03. The van der Waals surface area contributed by atoms with Gasteiger partial charge in [0.2, 0.25) is 5.91 Å². The quantitative estimate of drug-likeness (QED) is 0.862. The first kappa shape index (κ1) is 16.5. The largest absolute Gasteiger partial charge is 0.325 e. The van der Waals surface area contributed by atoms with Crippen molar-refractivity contribution in [2.45, 2.75) is 32.9 Å². The first-order valence-corrected chi connectivity index (χ1v) is 7.72. The van der Waals surface area contributed by atoms with E-state index in [0.717, 1.165) is 16.8 Å². The first-order chi connectivity index (χ1) is 10.5. The first-order valence-electron chi connectivity index (χ1n) is 7.35. The maximum atomic E-state index is 12.2. The molecular weight excluding hydrogens is 296 g/mol. The molecule has 2 aromatic rings. The molecule has 0 aliphatic rings. The monoisotopic (exact) mass is 316 g/mol. The van der Waals surface area contributed by atoms with Crippen molar-refractivity contribution in [1.29, 1.82) is 0 Å². The van der Waals surface area contributed by atoms with Gasteiger partial charge in [0.15, 0.2) is 0 Å². The molecular formula is C18H21ClN2O. The number of carbonyl (C=O) groups is 1. The summed E-state index contributed by atoms with van der Waals surface area (Å²) in [5, 5.41) is 6.93. The number of benzene rings is 2. The van der Waals surface area contributed by atoms with Crippen LogP contribution in [0.3, 0.4) is 0 Å². The van der Waals surface area contributed by atoms with Crippen LogP contribution in [0.2, 0.25) is 5.02 Å². The molecule has 0 fully saturated rings. The molecule has 2 atom stereocenters. The highest BCUT2D eigenvalue weighted by Gasteiger charge is 2.16. The summed E-state index contributed by atoms with van der Waals surface area (Å²) in [7, 11) is 0. The lowest BCUT2D eigenvalue weighted by Gasteiger charge is -2.20. The van der Waals surface area contributed by atoms with Gasteiger partial charge in [-0.05, 0) is 56.2 Å². The zero-order chi connectivity index (χ0) is 16.1. The fourth-order valence-electron chi connectivity index (χ4n) is 2.27. The van der Waals surface area contributed by atoms with E-state index in [1.165, 1.54) is 0 Å². The van der Waals surface area contributed by atoms with E-state index in [2.05, 4.69) is 10.6 Å². The van der Waals surface area contributed by atoms with Crippen LogP contribution < -0.4 is 10.6 Å². The van der Waals surface area contributed by atoms with Gasteiger partial charge in [0.25, 0.3) is 0 Å². The van der Waals surface area contributed by atoms with Crippen LogP contribution in [0.25, 0.3) is 0 Å². The smallest absolute Gasteiger partial charge is 0.241 e. The lowest BCUT2D eigenvalue weighted by atomic mass is 10.1. The minimum Gasteiger partial charge on any atom is -0.325 e. The van der Waals surface area contributed by atoms with Crippen molar-refractivity contribution in [2.24, 2.45) is 0 Å². The summed E-state index contributed by atoms with van der Waals surface area (Å²) in [4.78, 5) is 12.2. The Morgan fingerprint density at radius 3 is 2.41 bits per heavy atom. The van der Waals surface area contributed by atoms with Crippen LogP contribution in [0.15, 0.2) is 48.5 Å². The average molecular weight is 317 g/mol. The number of halogens is 1. The molecule has 0 radical (unpaired) electrons. The lowest BCUT2D eigenvalue weighted by molar-refractivity contribution is -0.117. The third-order valence-corrected chi connectivity index (χ3v) is 3.80. The van der Waals surface area contributed by atoms with Gasteiger partial charge < -0.3 is 5.32 Å². The molecule has 116 valence electrons. The Labute approximate surface area is 136 Å². The molecule has 0 aliphatic carbocycles. The second-order valence-corrected chi connectivity index (χ2v) is 5.96. The number of hydrogen-bond acceptors (Lipinski definition) is 2. The summed E-state index contributed by atoms with van der Waals surface area (Å²) >= 11 is 5.89. The highest BCUT2D eigenvalue weighted by molar-refractivity contribution is 6.30. The number of amides is 1. The van der Waals surface area contributed by atoms with Crippen molar-refractivity contribution >= 4 is 23.2 Å². The van der Waals surface area contributed by atoms with Crippen LogP contribution in [0.5, 0.6) is 0 Å². The highest BCUT2D eigenvalue weighted by Crippen LogP contribution is 2.17. The van der Waals surface area contributed by atoms with Gasteiger partial charge in [0, 0.05) is 16.8 Å². The third kappa shape index (κ3) is 4.58. The van der Waals surface area contributed by atoms with Crippen LogP contribution in [0.1, 0.15) is 31.0 Å². The van der Waals surface area contributed by atoms with Crippen molar-refractivity contribution in [3.8, 4) is 0 Å². The van der Waals surface area contributed by atoms with Crippen LogP contribution in [-0.2, 0) is 4.79 Å². The zero-order valence-electron chi connectivity index (χ0n) is 13.1. The molecule has 0 spiro atoms. The number of rotatable bonds is 5. The van der Waals surface area contributed by atoms with Crippen LogP contribution in [-0.4, -0.2) is 11.9 Å². The molecule has 0 saturated carbocycles. The maximum absolute atomic E-state index is 12.2. The SMILES string of the molecule is Cc1cccc(NC(=O)[C@H](C)N[C@@H](C)c2ccc(Cl)cc2)c1. The van der Waals surface area contributed by atoms with E-state index in [9.17, 15) is 4.79 Å². The Kier molecular flexibility index (Phi) is 5.58. The molecule has 0 heterocycles. The van der Waals surface area contributed by atoms with Crippen molar-refractivity contribution in [3.63, 3.8) is 0 Å². The van der Waals surface area contributed by atoms with Crippen molar-refractivity contribution < 1.29 is 4.79 Å². The summed E-state index contributed by atoms with van der Waals surface area (Å²) in [6.45, 7) is 5.89. The van der Waals surface area contributed by atoms with Gasteiger partial charge in [-0.15, -0.1) is 0 Å². The maximum Gasteiger partial charge on any atom is 0.241 e. The Morgan fingerprint density at radius 1 is 1.09 bits per heavy atom. The fraction of sp³-hybridized carbons (Fsp3) is 0.278. The molecule has 2 rings (SSSR count). The second-order valence-electron chi connectivity index (χ2n) is 5.52. The summed E-state index contributed by atoms with van der Waals surface area (Å²) in [5.74, 6) is -0.0496. The van der Waals surface area contributed by atoms with Gasteiger partial charge in [-0.25, -0.2) is 0 Å². The van der Waals surface area contributed by atoms with Crippen LogP contribution in [0.4, 0.5) is 5.69 Å². The van der Waals surface area contributed by atoms with Gasteiger partial charge in [-0.1, -0.05) is 35.9 Å². The summed E-state index contributed by atoms with van der Waals surface area (Å²) < 4.78 is 0. The van der Waals surface area contributed by atoms with E-state index in [-0.39, 0.29) is 18.0 Å². The normalized spacial score (nSPS) is 13.5. The van der Waals surface area contributed by atoms with Crippen molar-refractivity contribution in [2.75, 3.05) is 5.32 Å². The fourth-order valence-corrected chi connectivity index (χ4v) is 2.40. The van der Waals surface area contributed by atoms with Gasteiger partial charge in [0.1, 0.15) is 0 Å². The number of nitrogens with one attached hydrogen (secondary N) is 2. The Hall–Kier alpha value is -1.84. The molecule has 0 saturated heterocycles. The average Bonchev–Trinajstić information content (AvgIpc) is 2.47. The molecule has 0 aromatic heterocycles. The molecule has 0 unspecified atom stereocenters. The topological polar surface area (TPSA) is 41.1 Å². The molecule has 1 amide bonds. The van der Waals surface area contributed by atoms with Crippen LogP contribution >= 0.6 is 11.6 Å². The predicted molar refractivity (Wildman–Crippen MR) is 92.3 cm³/mol. The van der Waals surface area contributed by atoms with Crippen LogP contribution in [0, 0.1) is 6.92 Å². The van der Waals surface area contributed by atoms with Crippen molar-refractivity contribution in [3.05, 3.63) is 64.7 Å². The molecule has 2 aromatic carbocycles. The van der Waals surface area contributed by atoms with Gasteiger partial charge in [-0.3, -0.25) is 10.1 Å². The minimum atomic E-state index is -0.300. The molecule has 22 heavy (non-hydrogen) atoms. The number of carbonyl (C=O) groups excluding carboxylic acids is 1. The third-order valence-electron chi connectivity index (χ3n) is 3.55. The van der Waals surface area contributed by atoms with Gasteiger partial charge >= 0.3 is 0 Å². The Balaban J connectivity index is 1.94. The molecule has 3 nitrogen and oxygen atoms in total. The molecule has 0 aliphatic heterocycles. The van der Waals surface area contributed by atoms with E-state index < -0.39 is 0 Å². The van der Waals surface area contributed by atoms with Gasteiger partial charge in [-0.2, -0.15) is 0 Å². The molecule has 0 bridgehead atoms. The highest BCUT2D eigenvalue weighted by atomic mass is 35.5. The second kappa shape index (κ2) is 7.43. The van der Waals surface area contributed by atoms with E-state index >= 15 is 0 Å². The lowest BCUT2D eigenvalue weighted by Crippen LogP contribution is -2.39. The Morgan fingerprint density at radius 2 is 1.77 bits per heavy atom. The number of aryl methyl sites for hydroxylation is 1. The summed E-state index contributed by atoms with van der Waals surface area (Å²) in [6.07, 6.45) is 0. The van der Waals surface area contributed by atoms with E-state index in [1.54, 1.807) is 0 Å². The van der Waals surface area contributed by atoms with E-state index in [1.807, 2.05) is 69.3 Å². The number of hydrogen-bond donors (Lipinski definition) is 2. The Bertz CT molecular complexity index is 640. The van der Waals surface area contributed by atoms with Gasteiger partial charge in [0.05, 0.1) is 6.04 Å². The van der Waals surface area contributed by atoms with E-state index in [0.29, 0.717) is 5.02 Å². The summed E-state index contributed by atoms with van der Waals surface area (Å²) in [6, 6.07) is 15.2. The molecule has 4 heteroatoms. The predicted octanol–water partition coefficient (Wildman–Crippen LogP) is 4.33. The van der Waals surface area contributed by atoms with E-state index in [4.69, 9.17) is 11.6 Å². The molecule has 2 N–H and O–H groups in total. The standard InChI is InChI=1S/C18H21ClN2O/c1-12-5-4-6-17(11-12)21-18(22)14(3)20-13(2)15-7-9-16(19)10-8-15/h4-11,13-14,20H,1-3H3,(H,21,22)/t13-,14-/m0/s1. The van der Waals surface area contributed by atoms with Crippen molar-refractivity contribution in [1.82, 2.24) is 5.32 Å². The minimum absolute atomic E-state index is 0.0496.